The zero-order valence-corrected chi connectivity index (χ0v) is 10.4. The highest BCUT2D eigenvalue weighted by Gasteiger charge is 2.22. The van der Waals surface area contributed by atoms with Crippen molar-refractivity contribution in [2.24, 2.45) is 5.73 Å². The van der Waals surface area contributed by atoms with E-state index in [0.29, 0.717) is 19.6 Å². The number of rotatable bonds is 3. The van der Waals surface area contributed by atoms with Gasteiger partial charge in [0.05, 0.1) is 19.3 Å². The number of fused-ring (bicyclic) bond motifs is 1. The Hall–Kier alpha value is -1.36. The van der Waals surface area contributed by atoms with Crippen LogP contribution < -0.4 is 5.73 Å². The Labute approximate surface area is 106 Å². The van der Waals surface area contributed by atoms with Crippen LogP contribution in [0.15, 0.2) is 28.7 Å². The number of benzene rings is 1. The second kappa shape index (κ2) is 4.72. The first-order chi connectivity index (χ1) is 8.74. The van der Waals surface area contributed by atoms with Crippen LogP contribution in [0.3, 0.4) is 0 Å². The third-order valence-electron chi connectivity index (χ3n) is 3.26. The molecule has 4 heteroatoms. The molecule has 0 amide bonds. The Kier molecular flexibility index (Phi) is 3.07. The summed E-state index contributed by atoms with van der Waals surface area (Å²) in [5.74, 6) is 0.790. The molecule has 18 heavy (non-hydrogen) atoms. The number of nitrogens with two attached hydrogens (primary N) is 1. The second-order valence-electron chi connectivity index (χ2n) is 4.66. The Morgan fingerprint density at radius 3 is 2.83 bits per heavy atom. The van der Waals surface area contributed by atoms with Crippen LogP contribution >= 0.6 is 0 Å². The van der Waals surface area contributed by atoms with Crippen molar-refractivity contribution in [1.29, 1.82) is 0 Å². The van der Waals surface area contributed by atoms with Crippen LogP contribution in [0.1, 0.15) is 23.8 Å². The van der Waals surface area contributed by atoms with Gasteiger partial charge in [-0.3, -0.25) is 0 Å². The van der Waals surface area contributed by atoms with Gasteiger partial charge in [0.25, 0.3) is 0 Å². The third-order valence-corrected chi connectivity index (χ3v) is 3.26. The molecular formula is C14H17NO3. The maximum atomic E-state index is 6.13. The standard InChI is InChI=1S/C14H17NO3/c1-9-3-2-4-10-7-12(18-14(9)10)11(15)8-13-16-5-6-17-13/h2-4,7,11,13H,5-6,8,15H2,1H3. The van der Waals surface area contributed by atoms with Crippen molar-refractivity contribution < 1.29 is 13.9 Å². The predicted octanol–water partition coefficient (Wildman–Crippen LogP) is 2.50. The number of aryl methyl sites for hydroxylation is 1. The lowest BCUT2D eigenvalue weighted by Gasteiger charge is -2.13. The molecule has 1 fully saturated rings. The smallest absolute Gasteiger partial charge is 0.159 e. The van der Waals surface area contributed by atoms with Crippen LogP contribution in [-0.2, 0) is 9.47 Å². The molecule has 1 atom stereocenters. The van der Waals surface area contributed by atoms with Gasteiger partial charge in [-0.1, -0.05) is 18.2 Å². The average Bonchev–Trinajstić information content (AvgIpc) is 2.97. The van der Waals surface area contributed by atoms with E-state index < -0.39 is 0 Å². The number of para-hydroxylation sites is 1. The van der Waals surface area contributed by atoms with Crippen LogP contribution in [0.25, 0.3) is 11.0 Å². The van der Waals surface area contributed by atoms with Crippen LogP contribution in [0.2, 0.25) is 0 Å². The van der Waals surface area contributed by atoms with E-state index in [4.69, 9.17) is 19.6 Å². The summed E-state index contributed by atoms with van der Waals surface area (Å²) < 4.78 is 16.6. The molecule has 2 N–H and O–H groups in total. The molecule has 1 aliphatic rings. The molecule has 96 valence electrons. The zero-order chi connectivity index (χ0) is 12.5. The summed E-state index contributed by atoms with van der Waals surface area (Å²) in [6.45, 7) is 3.33. The molecule has 0 aliphatic carbocycles. The van der Waals surface area contributed by atoms with Crippen LogP contribution in [-0.4, -0.2) is 19.5 Å². The number of ether oxygens (including phenoxy) is 2. The molecule has 1 aromatic carbocycles. The molecule has 1 aromatic heterocycles. The fraction of sp³-hybridized carbons (Fsp3) is 0.429. The zero-order valence-electron chi connectivity index (χ0n) is 10.4. The first-order valence-electron chi connectivity index (χ1n) is 6.22. The van der Waals surface area contributed by atoms with Crippen LogP contribution in [0.5, 0.6) is 0 Å². The van der Waals surface area contributed by atoms with E-state index >= 15 is 0 Å². The Morgan fingerprint density at radius 1 is 1.33 bits per heavy atom. The fourth-order valence-corrected chi connectivity index (χ4v) is 2.28. The first-order valence-corrected chi connectivity index (χ1v) is 6.22. The summed E-state index contributed by atoms with van der Waals surface area (Å²) in [4.78, 5) is 0. The fourth-order valence-electron chi connectivity index (χ4n) is 2.28. The van der Waals surface area contributed by atoms with Gasteiger partial charge in [0.15, 0.2) is 6.29 Å². The molecule has 2 heterocycles. The minimum Gasteiger partial charge on any atom is -0.459 e. The Bertz CT molecular complexity index is 543. The van der Waals surface area contributed by atoms with Gasteiger partial charge in [0, 0.05) is 11.8 Å². The van der Waals surface area contributed by atoms with Crippen molar-refractivity contribution in [3.63, 3.8) is 0 Å². The largest absolute Gasteiger partial charge is 0.459 e. The minimum atomic E-state index is -0.200. The molecule has 2 aromatic rings. The number of furan rings is 1. The van der Waals surface area contributed by atoms with Crippen LogP contribution in [0, 0.1) is 6.92 Å². The van der Waals surface area contributed by atoms with Crippen molar-refractivity contribution in [3.8, 4) is 0 Å². The lowest BCUT2D eigenvalue weighted by atomic mass is 10.1. The minimum absolute atomic E-state index is 0.195. The van der Waals surface area contributed by atoms with Gasteiger partial charge < -0.3 is 19.6 Å². The summed E-state index contributed by atoms with van der Waals surface area (Å²) in [6.07, 6.45) is 0.424. The maximum Gasteiger partial charge on any atom is 0.159 e. The molecule has 3 rings (SSSR count). The summed E-state index contributed by atoms with van der Waals surface area (Å²) >= 11 is 0. The lowest BCUT2D eigenvalue weighted by Crippen LogP contribution is -2.18. The second-order valence-corrected chi connectivity index (χ2v) is 4.66. The average molecular weight is 247 g/mol. The highest BCUT2D eigenvalue weighted by Crippen LogP contribution is 2.28. The Balaban J connectivity index is 1.82. The normalized spacial score (nSPS) is 18.6. The SMILES string of the molecule is Cc1cccc2cc(C(N)CC3OCCO3)oc12. The van der Waals surface area contributed by atoms with E-state index in [2.05, 4.69) is 0 Å². The van der Waals surface area contributed by atoms with Crippen molar-refractivity contribution in [1.82, 2.24) is 0 Å². The molecule has 1 aliphatic heterocycles. The summed E-state index contributed by atoms with van der Waals surface area (Å²) in [5, 5.41) is 1.09. The van der Waals surface area contributed by atoms with Gasteiger partial charge in [-0.05, 0) is 18.6 Å². The van der Waals surface area contributed by atoms with Gasteiger partial charge in [0.1, 0.15) is 11.3 Å². The Morgan fingerprint density at radius 2 is 2.11 bits per heavy atom. The van der Waals surface area contributed by atoms with E-state index in [-0.39, 0.29) is 12.3 Å². The predicted molar refractivity (Wildman–Crippen MR) is 68.2 cm³/mol. The lowest BCUT2D eigenvalue weighted by molar-refractivity contribution is -0.0517. The van der Waals surface area contributed by atoms with Gasteiger partial charge in [-0.25, -0.2) is 0 Å². The molecule has 0 saturated carbocycles. The van der Waals surface area contributed by atoms with E-state index in [9.17, 15) is 0 Å². The monoisotopic (exact) mass is 247 g/mol. The van der Waals surface area contributed by atoms with Crippen molar-refractivity contribution >= 4 is 11.0 Å². The molecule has 0 spiro atoms. The molecule has 0 bridgehead atoms. The number of hydrogen-bond donors (Lipinski definition) is 1. The molecule has 1 unspecified atom stereocenters. The highest BCUT2D eigenvalue weighted by molar-refractivity contribution is 5.80. The molecule has 4 nitrogen and oxygen atoms in total. The summed E-state index contributed by atoms with van der Waals surface area (Å²) in [6, 6.07) is 7.89. The molecule has 0 radical (unpaired) electrons. The molecule has 1 saturated heterocycles. The maximum absolute atomic E-state index is 6.13. The molecular weight excluding hydrogens is 230 g/mol. The van der Waals surface area contributed by atoms with E-state index in [1.807, 2.05) is 31.2 Å². The van der Waals surface area contributed by atoms with Crippen molar-refractivity contribution in [3.05, 3.63) is 35.6 Å². The number of hydrogen-bond acceptors (Lipinski definition) is 4. The summed E-state index contributed by atoms with van der Waals surface area (Å²) in [7, 11) is 0. The van der Waals surface area contributed by atoms with E-state index in [0.717, 1.165) is 22.3 Å². The topological polar surface area (TPSA) is 57.6 Å². The van der Waals surface area contributed by atoms with Crippen LogP contribution in [0.4, 0.5) is 0 Å². The third kappa shape index (κ3) is 2.14. The van der Waals surface area contributed by atoms with Gasteiger partial charge >= 0.3 is 0 Å². The van der Waals surface area contributed by atoms with Crippen molar-refractivity contribution in [2.45, 2.75) is 25.7 Å². The highest BCUT2D eigenvalue weighted by atomic mass is 16.7. The first kappa shape index (κ1) is 11.7. The van der Waals surface area contributed by atoms with E-state index in [1.165, 1.54) is 0 Å². The quantitative estimate of drug-likeness (QED) is 0.905. The van der Waals surface area contributed by atoms with Crippen molar-refractivity contribution in [2.75, 3.05) is 13.2 Å². The van der Waals surface area contributed by atoms with E-state index in [1.54, 1.807) is 0 Å². The van der Waals surface area contributed by atoms with Gasteiger partial charge in [-0.2, -0.15) is 0 Å². The summed E-state index contributed by atoms with van der Waals surface area (Å²) in [5.41, 5.74) is 8.17. The van der Waals surface area contributed by atoms with Gasteiger partial charge in [-0.15, -0.1) is 0 Å². The van der Waals surface area contributed by atoms with Gasteiger partial charge in [0.2, 0.25) is 0 Å².